The Kier molecular flexibility index (Phi) is 9.71. The smallest absolute Gasteiger partial charge is 0.118 e. The Morgan fingerprint density at radius 2 is 1.72 bits per heavy atom. The topological polar surface area (TPSA) is 80.2 Å². The first-order chi connectivity index (χ1) is 11.6. The van der Waals surface area contributed by atoms with Crippen LogP contribution in [-0.4, -0.2) is 63.0 Å². The highest BCUT2D eigenvalue weighted by atomic mass is 35.5. The van der Waals surface area contributed by atoms with Gasteiger partial charge in [0.25, 0.3) is 0 Å². The molecule has 0 saturated heterocycles. The van der Waals surface area contributed by atoms with Gasteiger partial charge in [-0.2, -0.15) is 0 Å². The second kappa shape index (κ2) is 11.0. The third kappa shape index (κ3) is 6.73. The van der Waals surface area contributed by atoms with Crippen LogP contribution in [0.1, 0.15) is 18.4 Å². The van der Waals surface area contributed by atoms with Crippen LogP contribution >= 0.6 is 12.4 Å². The lowest BCUT2D eigenvalue weighted by Crippen LogP contribution is -2.37. The Hall–Kier alpha value is -0.890. The maximum Gasteiger partial charge on any atom is 0.118 e. The first kappa shape index (κ1) is 22.2. The van der Waals surface area contributed by atoms with Gasteiger partial charge >= 0.3 is 0 Å². The first-order valence-corrected chi connectivity index (χ1v) is 8.35. The summed E-state index contributed by atoms with van der Waals surface area (Å²) in [6.07, 6.45) is -0.286. The molecule has 1 saturated carbocycles. The fourth-order valence-corrected chi connectivity index (χ4v) is 3.20. The van der Waals surface area contributed by atoms with Crippen molar-refractivity contribution in [3.8, 4) is 5.75 Å². The lowest BCUT2D eigenvalue weighted by Gasteiger charge is -2.29. The van der Waals surface area contributed by atoms with Crippen molar-refractivity contribution >= 4 is 12.4 Å². The molecule has 0 radical (unpaired) electrons. The van der Waals surface area contributed by atoms with Crippen molar-refractivity contribution in [1.82, 2.24) is 5.32 Å². The summed E-state index contributed by atoms with van der Waals surface area (Å²) in [5.41, 5.74) is 0.907. The van der Waals surface area contributed by atoms with E-state index in [1.54, 1.807) is 14.2 Å². The van der Waals surface area contributed by atoms with E-state index in [0.717, 1.165) is 17.9 Å². The molecule has 3 N–H and O–H groups in total. The van der Waals surface area contributed by atoms with Gasteiger partial charge in [0.15, 0.2) is 0 Å². The number of methoxy groups -OCH3 is 2. The summed E-state index contributed by atoms with van der Waals surface area (Å²) < 4.78 is 15.8. The van der Waals surface area contributed by atoms with E-state index in [-0.39, 0.29) is 17.8 Å². The van der Waals surface area contributed by atoms with Crippen LogP contribution in [0.3, 0.4) is 0 Å². The molecule has 1 aromatic carbocycles. The molecule has 0 heterocycles. The molecule has 25 heavy (non-hydrogen) atoms. The molecule has 3 atom stereocenters. The van der Waals surface area contributed by atoms with Crippen LogP contribution in [-0.2, 0) is 16.0 Å². The first-order valence-electron chi connectivity index (χ1n) is 8.35. The quantitative estimate of drug-likeness (QED) is 0.536. The summed E-state index contributed by atoms with van der Waals surface area (Å²) >= 11 is 0. The minimum Gasteiger partial charge on any atom is -0.497 e. The minimum absolute atomic E-state index is 0. The van der Waals surface area contributed by atoms with E-state index in [1.807, 2.05) is 24.3 Å². The Balaban J connectivity index is 0.00000312. The van der Waals surface area contributed by atoms with Gasteiger partial charge in [-0.25, -0.2) is 0 Å². The van der Waals surface area contributed by atoms with Crippen LogP contribution in [0.4, 0.5) is 0 Å². The van der Waals surface area contributed by atoms with Crippen molar-refractivity contribution in [2.24, 2.45) is 5.41 Å². The van der Waals surface area contributed by atoms with E-state index >= 15 is 0 Å². The molecule has 0 amide bonds. The third-order valence-corrected chi connectivity index (χ3v) is 4.56. The highest BCUT2D eigenvalue weighted by Gasteiger charge is 2.44. The normalized spacial score (nSPS) is 25.6. The van der Waals surface area contributed by atoms with E-state index in [9.17, 15) is 10.2 Å². The molecule has 7 heteroatoms. The average Bonchev–Trinajstić information content (AvgIpc) is 2.87. The molecule has 1 unspecified atom stereocenters. The van der Waals surface area contributed by atoms with E-state index in [1.165, 1.54) is 0 Å². The molecule has 2 rings (SSSR count). The van der Waals surface area contributed by atoms with Gasteiger partial charge in [0.2, 0.25) is 0 Å². The molecular weight excluding hydrogens is 346 g/mol. The monoisotopic (exact) mass is 375 g/mol. The third-order valence-electron chi connectivity index (χ3n) is 4.56. The van der Waals surface area contributed by atoms with E-state index < -0.39 is 12.2 Å². The van der Waals surface area contributed by atoms with Gasteiger partial charge in [-0.15, -0.1) is 12.4 Å². The molecule has 144 valence electrons. The van der Waals surface area contributed by atoms with Gasteiger partial charge in [0, 0.05) is 25.6 Å². The lowest BCUT2D eigenvalue weighted by atomic mass is 9.86. The van der Waals surface area contributed by atoms with Crippen LogP contribution in [0.25, 0.3) is 0 Å². The molecule has 1 aliphatic carbocycles. The molecule has 0 aliphatic heterocycles. The van der Waals surface area contributed by atoms with Crippen molar-refractivity contribution in [2.75, 3.05) is 40.6 Å². The van der Waals surface area contributed by atoms with Gasteiger partial charge < -0.3 is 29.7 Å². The molecule has 1 aliphatic rings. The zero-order valence-corrected chi connectivity index (χ0v) is 15.8. The fraction of sp³-hybridized carbons (Fsp3) is 0.667. The van der Waals surface area contributed by atoms with Crippen molar-refractivity contribution in [3.63, 3.8) is 0 Å². The van der Waals surface area contributed by atoms with Crippen molar-refractivity contribution in [1.29, 1.82) is 0 Å². The molecular formula is C18H30ClNO5. The van der Waals surface area contributed by atoms with Gasteiger partial charge in [-0.3, -0.25) is 0 Å². The van der Waals surface area contributed by atoms with Crippen LogP contribution in [0.15, 0.2) is 24.3 Å². The Bertz CT molecular complexity index is 475. The summed E-state index contributed by atoms with van der Waals surface area (Å²) in [4.78, 5) is 0. The largest absolute Gasteiger partial charge is 0.497 e. The predicted molar refractivity (Wildman–Crippen MR) is 98.3 cm³/mol. The summed E-state index contributed by atoms with van der Waals surface area (Å²) in [7, 11) is 3.29. The molecule has 1 fully saturated rings. The maximum atomic E-state index is 9.94. The maximum absolute atomic E-state index is 9.94. The Morgan fingerprint density at radius 3 is 2.28 bits per heavy atom. The predicted octanol–water partition coefficient (Wildman–Crippen LogP) is 1.37. The number of benzene rings is 1. The van der Waals surface area contributed by atoms with Crippen molar-refractivity contribution < 1.29 is 24.4 Å². The molecule has 1 aromatic rings. The number of hydrogen-bond acceptors (Lipinski definition) is 6. The van der Waals surface area contributed by atoms with E-state index in [0.29, 0.717) is 39.2 Å². The number of ether oxygens (including phenoxy) is 3. The van der Waals surface area contributed by atoms with Gasteiger partial charge in [0.05, 0.1) is 39.1 Å². The zero-order chi connectivity index (χ0) is 17.4. The summed E-state index contributed by atoms with van der Waals surface area (Å²) in [5.74, 6) is 0.837. The number of aliphatic hydroxyl groups is 2. The number of rotatable bonds is 10. The van der Waals surface area contributed by atoms with E-state index in [4.69, 9.17) is 14.2 Å². The number of nitrogens with one attached hydrogen (secondary N) is 1. The summed E-state index contributed by atoms with van der Waals surface area (Å²) in [6, 6.07) is 7.91. The second-order valence-corrected chi connectivity index (χ2v) is 6.54. The second-order valence-electron chi connectivity index (χ2n) is 6.54. The standard InChI is InChI=1S/C18H29NO5.ClH/c1-22-7-8-24-13-18(9-16(20)17(21)10-18)12-19-11-14-3-5-15(23-2)6-4-14;/h3-6,16-17,19-21H,7-13H2,1-2H3;1H/t16-,17+,18?;. The van der Waals surface area contributed by atoms with Gasteiger partial charge in [0.1, 0.15) is 5.75 Å². The molecule has 6 nitrogen and oxygen atoms in total. The molecule has 0 spiro atoms. The highest BCUT2D eigenvalue weighted by molar-refractivity contribution is 5.85. The molecule has 0 bridgehead atoms. The van der Waals surface area contributed by atoms with Crippen LogP contribution in [0.2, 0.25) is 0 Å². The van der Waals surface area contributed by atoms with Gasteiger partial charge in [-0.05, 0) is 30.5 Å². The summed E-state index contributed by atoms with van der Waals surface area (Å²) in [6.45, 7) is 2.96. The number of hydrogen-bond donors (Lipinski definition) is 3. The highest BCUT2D eigenvalue weighted by Crippen LogP contribution is 2.38. The van der Waals surface area contributed by atoms with Crippen LogP contribution < -0.4 is 10.1 Å². The Labute approximate surface area is 155 Å². The molecule has 0 aromatic heterocycles. The van der Waals surface area contributed by atoms with E-state index in [2.05, 4.69) is 5.32 Å². The van der Waals surface area contributed by atoms with Gasteiger partial charge in [-0.1, -0.05) is 12.1 Å². The Morgan fingerprint density at radius 1 is 1.08 bits per heavy atom. The van der Waals surface area contributed by atoms with Crippen molar-refractivity contribution in [2.45, 2.75) is 31.6 Å². The average molecular weight is 376 g/mol. The zero-order valence-electron chi connectivity index (χ0n) is 14.9. The SMILES string of the molecule is COCCOCC1(CNCc2ccc(OC)cc2)C[C@@H](O)[C@@H](O)C1.Cl. The van der Waals surface area contributed by atoms with Crippen LogP contribution in [0, 0.1) is 5.41 Å². The fourth-order valence-electron chi connectivity index (χ4n) is 3.20. The van der Waals surface area contributed by atoms with Crippen LogP contribution in [0.5, 0.6) is 5.75 Å². The van der Waals surface area contributed by atoms with Crippen molar-refractivity contribution in [3.05, 3.63) is 29.8 Å². The summed E-state index contributed by atoms with van der Waals surface area (Å²) in [5, 5.41) is 23.3. The minimum atomic E-state index is -0.682. The lowest BCUT2D eigenvalue weighted by molar-refractivity contribution is 0.0111. The number of halogens is 1. The number of aliphatic hydroxyl groups excluding tert-OH is 2.